The van der Waals surface area contributed by atoms with E-state index < -0.39 is 60.4 Å². The smallest absolute Gasteiger partial charge is 0.268 e. The first-order chi connectivity index (χ1) is 39.5. The Balaban J connectivity index is 0.00000645. The molecule has 2 aliphatic heterocycles. The molecule has 5 heterocycles. The zero-order valence-electron chi connectivity index (χ0n) is 49.3. The second kappa shape index (κ2) is 17.4. The van der Waals surface area contributed by atoms with Crippen LogP contribution in [0.5, 0.6) is 34.5 Å². The molecule has 9 heteroatoms. The molecule has 3 aromatic heterocycles. The van der Waals surface area contributed by atoms with Crippen LogP contribution in [0.1, 0.15) is 40.0 Å². The molecule has 12 aromatic rings. The molecule has 0 spiro atoms. The van der Waals surface area contributed by atoms with E-state index in [2.05, 4.69) is 62.0 Å². The van der Waals surface area contributed by atoms with Crippen LogP contribution in [-0.4, -0.2) is 20.8 Å². The molecule has 2 aliphatic rings. The monoisotopic (exact) mass is 1130 g/mol. The van der Waals surface area contributed by atoms with Crippen molar-refractivity contribution in [2.45, 2.75) is 26.2 Å². The third kappa shape index (κ3) is 7.31. The number of aromatic nitrogens is 4. The van der Waals surface area contributed by atoms with Crippen LogP contribution in [0.15, 0.2) is 206 Å². The predicted molar refractivity (Wildman–Crippen MR) is 287 cm³/mol. The number of nitrogens with zero attached hydrogens (tertiary/aromatic N) is 4. The molecule has 0 aliphatic carbocycles. The largest absolute Gasteiger partial charge is 0.510 e. The van der Waals surface area contributed by atoms with E-state index in [4.69, 9.17) is 27.4 Å². The third-order valence-electron chi connectivity index (χ3n) is 13.5. The summed E-state index contributed by atoms with van der Waals surface area (Å²) >= 11 is 0. The minimum absolute atomic E-state index is 0. The van der Waals surface area contributed by atoms with Gasteiger partial charge in [0, 0.05) is 49.7 Å². The Morgan fingerprint density at radius 2 is 1.30 bits per heavy atom. The molecule has 352 valence electrons. The Hall–Kier alpha value is -8.45. The van der Waals surface area contributed by atoms with Crippen molar-refractivity contribution in [2.24, 2.45) is 0 Å². The van der Waals surface area contributed by atoms with Gasteiger partial charge in [0.25, 0.3) is 13.0 Å². The molecule has 0 radical (unpaired) electrons. The molecule has 73 heavy (non-hydrogen) atoms. The zero-order chi connectivity index (χ0) is 56.8. The van der Waals surface area contributed by atoms with Crippen molar-refractivity contribution in [1.29, 1.82) is 0 Å². The average Bonchev–Trinajstić information content (AvgIpc) is 3.87. The normalized spacial score (nSPS) is 14.3. The third-order valence-corrected chi connectivity index (χ3v) is 13.5. The number of para-hydroxylation sites is 4. The first kappa shape index (κ1) is 34.8. The van der Waals surface area contributed by atoms with E-state index in [1.165, 1.54) is 0 Å². The van der Waals surface area contributed by atoms with Gasteiger partial charge in [-0.25, -0.2) is 4.98 Å². The Morgan fingerprint density at radius 3 is 2.03 bits per heavy atom. The summed E-state index contributed by atoms with van der Waals surface area (Å²) in [5.74, 6) is 3.44. The van der Waals surface area contributed by atoms with Gasteiger partial charge in [0.2, 0.25) is 0 Å². The Labute approximate surface area is 451 Å². The van der Waals surface area contributed by atoms with E-state index in [0.717, 1.165) is 44.1 Å². The van der Waals surface area contributed by atoms with Gasteiger partial charge in [-0.3, -0.25) is 4.57 Å². The van der Waals surface area contributed by atoms with Crippen LogP contribution in [0.2, 0.25) is 0 Å². The van der Waals surface area contributed by atoms with Crippen molar-refractivity contribution in [3.05, 3.63) is 230 Å². The molecule has 9 aromatic carbocycles. The van der Waals surface area contributed by atoms with Gasteiger partial charge in [0.05, 0.1) is 24.9 Å². The van der Waals surface area contributed by atoms with E-state index in [1.807, 2.05) is 103 Å². The number of benzene rings is 9. The fourth-order valence-electron chi connectivity index (χ4n) is 10.2. The van der Waals surface area contributed by atoms with Crippen LogP contribution in [-0.2, 0) is 26.5 Å². The van der Waals surface area contributed by atoms with E-state index in [0.29, 0.717) is 56.7 Å². The topological polar surface area (TPSA) is 54.3 Å². The van der Waals surface area contributed by atoms with Crippen molar-refractivity contribution in [3.63, 3.8) is 0 Å². The first-order valence-corrected chi connectivity index (χ1v) is 23.5. The van der Waals surface area contributed by atoms with Crippen LogP contribution in [0.3, 0.4) is 0 Å². The van der Waals surface area contributed by atoms with Crippen LogP contribution in [0, 0.1) is 18.5 Å². The SMILES string of the molecule is [2H]c1c([2H])c([2H])c(-c2cccc(-c3c([2H])c([2H])c([2H])c([2H])c3[2H])c2-[n+]2[c-]n(-c3[c-]c(Oc4[c-]c5c(cc4)c4ccccc4n5-c4cc(C(C)(C)C)ccn4)ccc3)c3c4c5c(cc32)Oc2ccccc2B5c2ccccc2O4)c([2H])c1[2H].[Pt]. The average molecular weight is 1130 g/mol. The van der Waals surface area contributed by atoms with Gasteiger partial charge >= 0.3 is 0 Å². The van der Waals surface area contributed by atoms with E-state index in [1.54, 1.807) is 33.4 Å². The van der Waals surface area contributed by atoms with Crippen LogP contribution in [0.25, 0.3) is 72.3 Å². The maximum atomic E-state index is 9.30. The Morgan fingerprint density at radius 1 is 0.644 bits per heavy atom. The van der Waals surface area contributed by atoms with Crippen molar-refractivity contribution in [1.82, 2.24) is 14.1 Å². The molecule has 0 saturated heterocycles. The van der Waals surface area contributed by atoms with Crippen molar-refractivity contribution in [3.8, 4) is 73.9 Å². The number of imidazole rings is 1. The number of fused-ring (bicyclic) bond motifs is 9. The Bertz CT molecular complexity index is 4620. The number of ether oxygens (including phenoxy) is 3. The maximum absolute atomic E-state index is 9.30. The summed E-state index contributed by atoms with van der Waals surface area (Å²) in [4.78, 5) is 4.85. The standard InChI is InChI=1S/C64H43BN4O3.Pt/c1-64(2,3)43-34-35-66-59(36-43)69-53-29-13-10-24-49(53)50-33-32-46(38-54(50)69)70-45-23-16-22-44(37-45)67-40-68(61-47(41-18-6-4-7-19-41)25-17-26-48(61)42-20-8-5-9-21-42)55-39-58-60-63(62(55)67)72-57-31-15-12-28-52(57)65(60)51-27-11-14-30-56(51)71-58;/h4-36,39H,1-3H3;/q-2;/i4D,5D,6D,7D,8D,9D,18D,19D,20D,21D;. The van der Waals surface area contributed by atoms with Crippen LogP contribution < -0.4 is 35.2 Å². The second-order valence-corrected chi connectivity index (χ2v) is 18.8. The summed E-state index contributed by atoms with van der Waals surface area (Å²) in [5, 5.41) is 1.98. The first-order valence-electron chi connectivity index (χ1n) is 28.5. The number of rotatable bonds is 7. The van der Waals surface area contributed by atoms with Gasteiger partial charge in [0.1, 0.15) is 34.3 Å². The summed E-state index contributed by atoms with van der Waals surface area (Å²) in [6.07, 6.45) is 5.37. The van der Waals surface area contributed by atoms with Gasteiger partial charge in [0.15, 0.2) is 0 Å². The molecule has 14 rings (SSSR count). The van der Waals surface area contributed by atoms with E-state index in [-0.39, 0.29) is 61.1 Å². The molecule has 0 atom stereocenters. The van der Waals surface area contributed by atoms with Gasteiger partial charge in [-0.15, -0.1) is 29.7 Å². The van der Waals surface area contributed by atoms with E-state index >= 15 is 0 Å². The molecule has 0 saturated carbocycles. The number of pyridine rings is 1. The minimum Gasteiger partial charge on any atom is -0.510 e. The summed E-state index contributed by atoms with van der Waals surface area (Å²) in [5.41, 5.74) is 6.25. The molecule has 0 unspecified atom stereocenters. The van der Waals surface area contributed by atoms with Gasteiger partial charge in [-0.05, 0) is 91.6 Å². The zero-order valence-corrected chi connectivity index (χ0v) is 41.5. The van der Waals surface area contributed by atoms with Crippen molar-refractivity contribution >= 4 is 55.9 Å². The molecule has 7 nitrogen and oxygen atoms in total. The van der Waals surface area contributed by atoms with Gasteiger partial charge < -0.3 is 23.3 Å². The molecular formula is C64H43BN4O3Pt-2. The van der Waals surface area contributed by atoms with Crippen molar-refractivity contribution in [2.75, 3.05) is 0 Å². The predicted octanol–water partition coefficient (Wildman–Crippen LogP) is 12.9. The summed E-state index contributed by atoms with van der Waals surface area (Å²) in [6, 6.07) is 45.0. The van der Waals surface area contributed by atoms with Gasteiger partial charge in [-0.1, -0.05) is 160 Å². The second-order valence-electron chi connectivity index (χ2n) is 18.8. The Kier molecular flexibility index (Phi) is 8.30. The maximum Gasteiger partial charge on any atom is 0.268 e. The van der Waals surface area contributed by atoms with Gasteiger partial charge in [-0.2, -0.15) is 18.2 Å². The summed E-state index contributed by atoms with van der Waals surface area (Å²) in [7, 11) is 0. The molecular weight excluding hydrogens is 1080 g/mol. The fourth-order valence-corrected chi connectivity index (χ4v) is 10.2. The molecule has 0 amide bonds. The molecule has 0 bridgehead atoms. The van der Waals surface area contributed by atoms with Crippen LogP contribution >= 0.6 is 0 Å². The molecule has 0 fully saturated rings. The quantitative estimate of drug-likeness (QED) is 0.0907. The number of hydrogen-bond acceptors (Lipinski definition) is 4. The van der Waals surface area contributed by atoms with E-state index in [9.17, 15) is 5.48 Å². The minimum atomic E-state index is -0.603. The van der Waals surface area contributed by atoms with Crippen molar-refractivity contribution < 1.29 is 53.6 Å². The van der Waals surface area contributed by atoms with Crippen LogP contribution in [0.4, 0.5) is 0 Å². The fraction of sp³-hybridized carbons (Fsp3) is 0.0625. The number of hydrogen-bond donors (Lipinski definition) is 0. The molecule has 0 N–H and O–H groups in total. The summed E-state index contributed by atoms with van der Waals surface area (Å²) < 4.78 is 116. The summed E-state index contributed by atoms with van der Waals surface area (Å²) in [6.45, 7) is 6.13.